The van der Waals surface area contributed by atoms with Gasteiger partial charge in [-0.1, -0.05) is 0 Å². The highest BCUT2D eigenvalue weighted by atomic mass is 79.9. The first-order valence-corrected chi connectivity index (χ1v) is 7.15. The first kappa shape index (κ1) is 12.1. The molecular formula is C11H15BrN2OS. The molecule has 0 radical (unpaired) electrons. The van der Waals surface area contributed by atoms with Crippen molar-refractivity contribution in [3.8, 4) is 0 Å². The van der Waals surface area contributed by atoms with Crippen molar-refractivity contribution >= 4 is 33.2 Å². The average molecular weight is 303 g/mol. The summed E-state index contributed by atoms with van der Waals surface area (Å²) in [7, 11) is 0. The first-order valence-electron chi connectivity index (χ1n) is 5.47. The molecule has 0 spiro atoms. The maximum Gasteiger partial charge on any atom is 0.223 e. The van der Waals surface area contributed by atoms with Crippen molar-refractivity contribution in [3.05, 3.63) is 20.8 Å². The Kier molecular flexibility index (Phi) is 4.37. The van der Waals surface area contributed by atoms with E-state index in [-0.39, 0.29) is 11.8 Å². The fourth-order valence-electron chi connectivity index (χ4n) is 1.85. The molecule has 2 N–H and O–H groups in total. The predicted octanol–water partition coefficient (Wildman–Crippen LogP) is 2.13. The second-order valence-corrected chi connectivity index (χ2v) is 5.79. The molecule has 1 aliphatic heterocycles. The van der Waals surface area contributed by atoms with Gasteiger partial charge in [-0.25, -0.2) is 0 Å². The van der Waals surface area contributed by atoms with Crippen LogP contribution in [0.25, 0.3) is 0 Å². The Hall–Kier alpha value is -0.390. The quantitative estimate of drug-likeness (QED) is 0.898. The normalized spacial score (nSPS) is 17.3. The minimum atomic E-state index is 0.194. The van der Waals surface area contributed by atoms with Crippen molar-refractivity contribution in [2.45, 2.75) is 19.4 Å². The van der Waals surface area contributed by atoms with Crippen LogP contribution in [-0.2, 0) is 11.3 Å². The summed E-state index contributed by atoms with van der Waals surface area (Å²) in [6, 6.07) is 2.01. The van der Waals surface area contributed by atoms with Gasteiger partial charge in [0.15, 0.2) is 0 Å². The van der Waals surface area contributed by atoms with Crippen molar-refractivity contribution < 1.29 is 4.79 Å². The zero-order chi connectivity index (χ0) is 11.4. The van der Waals surface area contributed by atoms with Crippen molar-refractivity contribution in [1.29, 1.82) is 0 Å². The van der Waals surface area contributed by atoms with Crippen LogP contribution in [0.5, 0.6) is 0 Å². The highest BCUT2D eigenvalue weighted by molar-refractivity contribution is 9.10. The summed E-state index contributed by atoms with van der Waals surface area (Å²) < 4.78 is 1.09. The van der Waals surface area contributed by atoms with E-state index in [1.165, 1.54) is 4.88 Å². The van der Waals surface area contributed by atoms with Gasteiger partial charge in [-0.05, 0) is 53.3 Å². The molecular weight excluding hydrogens is 288 g/mol. The molecule has 1 fully saturated rings. The summed E-state index contributed by atoms with van der Waals surface area (Å²) >= 11 is 5.13. The summed E-state index contributed by atoms with van der Waals surface area (Å²) in [5, 5.41) is 8.30. The van der Waals surface area contributed by atoms with Gasteiger partial charge >= 0.3 is 0 Å². The molecule has 1 saturated heterocycles. The number of hydrogen-bond acceptors (Lipinski definition) is 3. The largest absolute Gasteiger partial charge is 0.351 e. The molecule has 1 aliphatic rings. The SMILES string of the molecule is O=C(NCc1sccc1Br)C1CCNCC1. The van der Waals surface area contributed by atoms with Gasteiger partial charge in [-0.3, -0.25) is 4.79 Å². The Bertz CT molecular complexity index is 361. The third-order valence-electron chi connectivity index (χ3n) is 2.82. The number of piperidine rings is 1. The Labute approximate surface area is 108 Å². The molecule has 0 saturated carbocycles. The van der Waals surface area contributed by atoms with Gasteiger partial charge in [-0.15, -0.1) is 11.3 Å². The topological polar surface area (TPSA) is 41.1 Å². The van der Waals surface area contributed by atoms with Crippen molar-refractivity contribution in [2.24, 2.45) is 5.92 Å². The van der Waals surface area contributed by atoms with Crippen molar-refractivity contribution in [2.75, 3.05) is 13.1 Å². The highest BCUT2D eigenvalue weighted by Gasteiger charge is 2.20. The summed E-state index contributed by atoms with van der Waals surface area (Å²) in [4.78, 5) is 13.0. The summed E-state index contributed by atoms with van der Waals surface area (Å²) in [5.41, 5.74) is 0. The van der Waals surface area contributed by atoms with Crippen LogP contribution in [0.4, 0.5) is 0 Å². The number of nitrogens with one attached hydrogen (secondary N) is 2. The van der Waals surface area contributed by atoms with Gasteiger partial charge in [0, 0.05) is 15.3 Å². The van der Waals surface area contributed by atoms with E-state index in [1.54, 1.807) is 11.3 Å². The van der Waals surface area contributed by atoms with Crippen LogP contribution in [0.15, 0.2) is 15.9 Å². The smallest absolute Gasteiger partial charge is 0.223 e. The van der Waals surface area contributed by atoms with E-state index in [0.717, 1.165) is 30.4 Å². The molecule has 3 nitrogen and oxygen atoms in total. The lowest BCUT2D eigenvalue weighted by atomic mass is 9.97. The van der Waals surface area contributed by atoms with E-state index >= 15 is 0 Å². The Balaban J connectivity index is 1.81. The monoisotopic (exact) mass is 302 g/mol. The first-order chi connectivity index (χ1) is 7.77. The van der Waals surface area contributed by atoms with Gasteiger partial charge < -0.3 is 10.6 Å². The van der Waals surface area contributed by atoms with Crippen LogP contribution in [-0.4, -0.2) is 19.0 Å². The standard InChI is InChI=1S/C11H15BrN2OS/c12-9-3-6-16-10(9)7-14-11(15)8-1-4-13-5-2-8/h3,6,8,13H,1-2,4-5,7H2,(H,14,15). The van der Waals surface area contributed by atoms with E-state index in [2.05, 4.69) is 26.6 Å². The van der Waals surface area contributed by atoms with Gasteiger partial charge in [0.1, 0.15) is 0 Å². The van der Waals surface area contributed by atoms with Gasteiger partial charge in [0.25, 0.3) is 0 Å². The second-order valence-electron chi connectivity index (χ2n) is 3.93. The van der Waals surface area contributed by atoms with Crippen LogP contribution in [0.3, 0.4) is 0 Å². The van der Waals surface area contributed by atoms with Crippen molar-refractivity contribution in [1.82, 2.24) is 10.6 Å². The number of carbonyl (C=O) groups is 1. The third-order valence-corrected chi connectivity index (χ3v) is 4.75. The molecule has 0 atom stereocenters. The molecule has 0 aromatic carbocycles. The predicted molar refractivity (Wildman–Crippen MR) is 69.5 cm³/mol. The van der Waals surface area contributed by atoms with Gasteiger partial charge in [0.2, 0.25) is 5.91 Å². The fraction of sp³-hybridized carbons (Fsp3) is 0.545. The lowest BCUT2D eigenvalue weighted by Gasteiger charge is -2.21. The van der Waals surface area contributed by atoms with E-state index in [9.17, 15) is 4.79 Å². The average Bonchev–Trinajstić information content (AvgIpc) is 2.73. The molecule has 88 valence electrons. The van der Waals surface area contributed by atoms with Crippen LogP contribution in [0.1, 0.15) is 17.7 Å². The lowest BCUT2D eigenvalue weighted by molar-refractivity contribution is -0.125. The maximum absolute atomic E-state index is 11.9. The third kappa shape index (κ3) is 3.06. The molecule has 0 unspecified atom stereocenters. The molecule has 16 heavy (non-hydrogen) atoms. The molecule has 1 amide bonds. The number of halogens is 1. The van der Waals surface area contributed by atoms with E-state index in [1.807, 2.05) is 11.4 Å². The van der Waals surface area contributed by atoms with Crippen LogP contribution < -0.4 is 10.6 Å². The number of thiophene rings is 1. The molecule has 2 rings (SSSR count). The zero-order valence-electron chi connectivity index (χ0n) is 8.96. The molecule has 5 heteroatoms. The van der Waals surface area contributed by atoms with Crippen molar-refractivity contribution in [3.63, 3.8) is 0 Å². The molecule has 1 aromatic rings. The Morgan fingerprint density at radius 2 is 2.31 bits per heavy atom. The lowest BCUT2D eigenvalue weighted by Crippen LogP contribution is -2.37. The molecule has 2 heterocycles. The Morgan fingerprint density at radius 3 is 2.94 bits per heavy atom. The molecule has 0 bridgehead atoms. The number of carbonyl (C=O) groups excluding carboxylic acids is 1. The number of hydrogen-bond donors (Lipinski definition) is 2. The Morgan fingerprint density at radius 1 is 1.56 bits per heavy atom. The number of amides is 1. The summed E-state index contributed by atoms with van der Waals surface area (Å²) in [6.07, 6.45) is 1.91. The molecule has 1 aromatic heterocycles. The van der Waals surface area contributed by atoms with E-state index < -0.39 is 0 Å². The number of rotatable bonds is 3. The second kappa shape index (κ2) is 5.80. The minimum Gasteiger partial charge on any atom is -0.351 e. The van der Waals surface area contributed by atoms with Gasteiger partial charge in [-0.2, -0.15) is 0 Å². The van der Waals surface area contributed by atoms with E-state index in [0.29, 0.717) is 6.54 Å². The van der Waals surface area contributed by atoms with Gasteiger partial charge in [0.05, 0.1) is 6.54 Å². The van der Waals surface area contributed by atoms with E-state index in [4.69, 9.17) is 0 Å². The fourth-order valence-corrected chi connectivity index (χ4v) is 3.28. The summed E-state index contributed by atoms with van der Waals surface area (Å²) in [6.45, 7) is 2.56. The maximum atomic E-state index is 11.9. The zero-order valence-corrected chi connectivity index (χ0v) is 11.4. The summed E-state index contributed by atoms with van der Waals surface area (Å²) in [5.74, 6) is 0.391. The minimum absolute atomic E-state index is 0.194. The van der Waals surface area contributed by atoms with Crippen LogP contribution >= 0.6 is 27.3 Å². The highest BCUT2D eigenvalue weighted by Crippen LogP contribution is 2.22. The van der Waals surface area contributed by atoms with Crippen LogP contribution in [0.2, 0.25) is 0 Å². The van der Waals surface area contributed by atoms with Crippen LogP contribution in [0, 0.1) is 5.92 Å². The molecule has 0 aliphatic carbocycles.